The fraction of sp³-hybridized carbons (Fsp3) is 0. The van der Waals surface area contributed by atoms with Crippen molar-refractivity contribution >= 4 is 71.7 Å². The number of para-hydroxylation sites is 4. The van der Waals surface area contributed by atoms with E-state index in [9.17, 15) is 0 Å². The van der Waals surface area contributed by atoms with E-state index in [2.05, 4.69) is 157 Å². The molecule has 0 aliphatic carbocycles. The van der Waals surface area contributed by atoms with Crippen LogP contribution in [0.4, 0.5) is 17.1 Å². The van der Waals surface area contributed by atoms with E-state index >= 15 is 0 Å². The zero-order valence-corrected chi connectivity index (χ0v) is 26.5. The van der Waals surface area contributed by atoms with E-state index in [-0.39, 0.29) is 0 Å². The zero-order valence-electron chi connectivity index (χ0n) is 26.5. The van der Waals surface area contributed by atoms with Gasteiger partial charge in [-0.05, 0) is 81.6 Å². The number of hydrogen-bond acceptors (Lipinski definition) is 3. The van der Waals surface area contributed by atoms with Gasteiger partial charge in [0.2, 0.25) is 0 Å². The fourth-order valence-electron chi connectivity index (χ4n) is 7.35. The van der Waals surface area contributed by atoms with Crippen LogP contribution in [0.5, 0.6) is 0 Å². The van der Waals surface area contributed by atoms with Crippen LogP contribution in [0.3, 0.4) is 0 Å². The molecule has 10 rings (SSSR count). The highest BCUT2D eigenvalue weighted by Crippen LogP contribution is 2.46. The molecular formula is C46H29NO2. The van der Waals surface area contributed by atoms with Gasteiger partial charge in [0.25, 0.3) is 0 Å². The standard InChI is InChI=1S/C46H29NO2/c1-2-12-30(13-3-1)39-28-32-14-4-5-15-33(32)29-40(39)31-24-26-34(27-25-31)47(41-20-10-18-37-35-16-6-8-22-43(35)48-45(37)41)42-21-11-19-38-36-17-7-9-23-44(36)49-46(38)42/h1-29H. The molecule has 0 aliphatic heterocycles. The molecule has 0 spiro atoms. The largest absolute Gasteiger partial charge is 0.454 e. The highest BCUT2D eigenvalue weighted by atomic mass is 16.3. The van der Waals surface area contributed by atoms with Crippen LogP contribution in [-0.2, 0) is 0 Å². The van der Waals surface area contributed by atoms with Gasteiger partial charge < -0.3 is 13.7 Å². The Balaban J connectivity index is 1.20. The van der Waals surface area contributed by atoms with Gasteiger partial charge in [0, 0.05) is 27.2 Å². The van der Waals surface area contributed by atoms with E-state index in [1.165, 1.54) is 27.5 Å². The van der Waals surface area contributed by atoms with Crippen LogP contribution in [-0.4, -0.2) is 0 Å². The molecule has 230 valence electrons. The van der Waals surface area contributed by atoms with Crippen molar-refractivity contribution < 1.29 is 8.83 Å². The quantitative estimate of drug-likeness (QED) is 0.190. The lowest BCUT2D eigenvalue weighted by Gasteiger charge is -2.26. The fourth-order valence-corrected chi connectivity index (χ4v) is 7.35. The van der Waals surface area contributed by atoms with Gasteiger partial charge >= 0.3 is 0 Å². The van der Waals surface area contributed by atoms with Crippen molar-refractivity contribution in [3.63, 3.8) is 0 Å². The number of anilines is 3. The highest BCUT2D eigenvalue weighted by Gasteiger charge is 2.23. The molecule has 10 aromatic rings. The third kappa shape index (κ3) is 4.44. The summed E-state index contributed by atoms with van der Waals surface area (Å²) in [5, 5.41) is 6.80. The van der Waals surface area contributed by atoms with Crippen LogP contribution < -0.4 is 4.90 Å². The lowest BCUT2D eigenvalue weighted by molar-refractivity contribution is 0.666. The average molecular weight is 628 g/mol. The lowest BCUT2D eigenvalue weighted by Crippen LogP contribution is -2.10. The first kappa shape index (κ1) is 27.5. The number of fused-ring (bicyclic) bond motifs is 7. The van der Waals surface area contributed by atoms with Gasteiger partial charge in [-0.25, -0.2) is 0 Å². The predicted octanol–water partition coefficient (Wildman–Crippen LogP) is 13.4. The van der Waals surface area contributed by atoms with Crippen molar-refractivity contribution in [2.45, 2.75) is 0 Å². The van der Waals surface area contributed by atoms with Gasteiger partial charge in [-0.3, -0.25) is 0 Å². The smallest absolute Gasteiger partial charge is 0.159 e. The summed E-state index contributed by atoms with van der Waals surface area (Å²) in [7, 11) is 0. The predicted molar refractivity (Wildman–Crippen MR) is 204 cm³/mol. The summed E-state index contributed by atoms with van der Waals surface area (Å²) >= 11 is 0. The second-order valence-electron chi connectivity index (χ2n) is 12.5. The number of nitrogens with zero attached hydrogens (tertiary/aromatic N) is 1. The molecule has 0 unspecified atom stereocenters. The minimum atomic E-state index is 0.835. The van der Waals surface area contributed by atoms with E-state index in [1.807, 2.05) is 24.3 Å². The van der Waals surface area contributed by atoms with Gasteiger partial charge in [0.1, 0.15) is 11.2 Å². The number of furan rings is 2. The summed E-state index contributed by atoms with van der Waals surface area (Å²) in [4.78, 5) is 2.28. The summed E-state index contributed by atoms with van der Waals surface area (Å²) in [6, 6.07) is 62.0. The Hall–Kier alpha value is -6.58. The van der Waals surface area contributed by atoms with E-state index in [0.29, 0.717) is 0 Å². The normalized spacial score (nSPS) is 11.7. The van der Waals surface area contributed by atoms with E-state index in [1.54, 1.807) is 0 Å². The van der Waals surface area contributed by atoms with Crippen LogP contribution in [0, 0.1) is 0 Å². The molecule has 3 heteroatoms. The van der Waals surface area contributed by atoms with Crippen molar-refractivity contribution in [2.24, 2.45) is 0 Å². The van der Waals surface area contributed by atoms with Crippen molar-refractivity contribution in [3.05, 3.63) is 176 Å². The Labute approximate surface area is 282 Å². The van der Waals surface area contributed by atoms with Crippen molar-refractivity contribution in [1.82, 2.24) is 0 Å². The summed E-state index contributed by atoms with van der Waals surface area (Å²) in [5.74, 6) is 0. The van der Waals surface area contributed by atoms with Crippen LogP contribution in [0.2, 0.25) is 0 Å². The maximum Gasteiger partial charge on any atom is 0.159 e. The molecule has 0 saturated carbocycles. The molecular weight excluding hydrogens is 599 g/mol. The Morgan fingerprint density at radius 2 is 0.796 bits per heavy atom. The van der Waals surface area contributed by atoms with Crippen molar-refractivity contribution in [1.29, 1.82) is 0 Å². The minimum Gasteiger partial charge on any atom is -0.454 e. The molecule has 49 heavy (non-hydrogen) atoms. The van der Waals surface area contributed by atoms with Crippen LogP contribution >= 0.6 is 0 Å². The maximum atomic E-state index is 6.60. The molecule has 0 saturated heterocycles. The summed E-state index contributed by atoms with van der Waals surface area (Å²) in [5.41, 5.74) is 11.1. The van der Waals surface area contributed by atoms with Crippen molar-refractivity contribution in [2.75, 3.05) is 4.90 Å². The SMILES string of the molecule is c1ccc(-c2cc3ccccc3cc2-c2ccc(N(c3cccc4c3oc3ccccc34)c3cccc4c3oc3ccccc34)cc2)cc1. The van der Waals surface area contributed by atoms with Gasteiger partial charge in [-0.1, -0.05) is 127 Å². The second-order valence-corrected chi connectivity index (χ2v) is 12.5. The molecule has 0 radical (unpaired) electrons. The summed E-state index contributed by atoms with van der Waals surface area (Å²) in [6.45, 7) is 0. The van der Waals surface area contributed by atoms with Gasteiger partial charge in [-0.2, -0.15) is 0 Å². The monoisotopic (exact) mass is 627 g/mol. The van der Waals surface area contributed by atoms with E-state index in [0.717, 1.165) is 66.5 Å². The maximum absolute atomic E-state index is 6.60. The number of benzene rings is 8. The van der Waals surface area contributed by atoms with Crippen molar-refractivity contribution in [3.8, 4) is 22.3 Å². The lowest BCUT2D eigenvalue weighted by atomic mass is 9.91. The van der Waals surface area contributed by atoms with Crippen LogP contribution in [0.1, 0.15) is 0 Å². The third-order valence-electron chi connectivity index (χ3n) is 9.66. The van der Waals surface area contributed by atoms with E-state index in [4.69, 9.17) is 8.83 Å². The molecule has 0 atom stereocenters. The molecule has 0 bridgehead atoms. The first-order valence-electron chi connectivity index (χ1n) is 16.6. The first-order chi connectivity index (χ1) is 24.3. The topological polar surface area (TPSA) is 29.5 Å². The number of rotatable bonds is 5. The molecule has 2 heterocycles. The molecule has 2 aromatic heterocycles. The molecule has 0 N–H and O–H groups in total. The highest BCUT2D eigenvalue weighted by molar-refractivity contribution is 6.14. The molecule has 0 aliphatic rings. The molecule has 0 fully saturated rings. The van der Waals surface area contributed by atoms with Crippen LogP contribution in [0.15, 0.2) is 185 Å². The zero-order chi connectivity index (χ0) is 32.3. The average Bonchev–Trinajstić information content (AvgIpc) is 3.75. The second kappa shape index (κ2) is 11.0. The van der Waals surface area contributed by atoms with Gasteiger partial charge in [0.15, 0.2) is 11.2 Å². The summed E-state index contributed by atoms with van der Waals surface area (Å²) in [6.07, 6.45) is 0. The Kier molecular flexibility index (Phi) is 6.18. The molecule has 8 aromatic carbocycles. The Morgan fingerprint density at radius 1 is 0.347 bits per heavy atom. The molecule has 0 amide bonds. The minimum absolute atomic E-state index is 0.835. The van der Waals surface area contributed by atoms with Gasteiger partial charge in [0.05, 0.1) is 11.4 Å². The molecule has 3 nitrogen and oxygen atoms in total. The first-order valence-corrected chi connectivity index (χ1v) is 16.6. The Morgan fingerprint density at radius 3 is 1.35 bits per heavy atom. The number of hydrogen-bond donors (Lipinski definition) is 0. The third-order valence-corrected chi connectivity index (χ3v) is 9.66. The van der Waals surface area contributed by atoms with Crippen LogP contribution in [0.25, 0.3) is 76.9 Å². The summed E-state index contributed by atoms with van der Waals surface area (Å²) < 4.78 is 13.2. The van der Waals surface area contributed by atoms with Gasteiger partial charge in [-0.15, -0.1) is 0 Å². The van der Waals surface area contributed by atoms with E-state index < -0.39 is 0 Å². The Bertz CT molecular complexity index is 2710.